The highest BCUT2D eigenvalue weighted by Crippen LogP contribution is 2.29. The molecule has 0 radical (unpaired) electrons. The van der Waals surface area contributed by atoms with E-state index in [0.717, 1.165) is 18.7 Å². The highest BCUT2D eigenvalue weighted by molar-refractivity contribution is 6.32. The summed E-state index contributed by atoms with van der Waals surface area (Å²) in [5.74, 6) is 1.09. The summed E-state index contributed by atoms with van der Waals surface area (Å²) in [4.78, 5) is 14.4. The van der Waals surface area contributed by atoms with Crippen LogP contribution in [-0.2, 0) is 0 Å². The van der Waals surface area contributed by atoms with Gasteiger partial charge in [0.05, 0.1) is 5.02 Å². The zero-order chi connectivity index (χ0) is 15.4. The van der Waals surface area contributed by atoms with E-state index >= 15 is 0 Å². The zero-order valence-electron chi connectivity index (χ0n) is 12.3. The predicted molar refractivity (Wildman–Crippen MR) is 84.1 cm³/mol. The number of nitrogen functional groups attached to an aromatic ring is 1. The maximum absolute atomic E-state index is 6.14. The average Bonchev–Trinajstić information content (AvgIpc) is 2.43. The quantitative estimate of drug-likeness (QED) is 0.914. The lowest BCUT2D eigenvalue weighted by Crippen LogP contribution is -2.25. The second-order valence-electron chi connectivity index (χ2n) is 4.48. The molecule has 1 aromatic carbocycles. The fraction of sp³-hybridized carbons (Fsp3) is 0.357. The third-order valence-electron chi connectivity index (χ3n) is 2.96. The minimum Gasteiger partial charge on any atom is -0.423 e. The second-order valence-corrected chi connectivity index (χ2v) is 4.89. The van der Waals surface area contributed by atoms with Crippen molar-refractivity contribution in [3.8, 4) is 11.8 Å². The van der Waals surface area contributed by atoms with Crippen molar-refractivity contribution in [2.75, 3.05) is 23.7 Å². The smallest absolute Gasteiger partial charge is 0.328 e. The predicted octanol–water partition coefficient (Wildman–Crippen LogP) is 3.05. The number of nitrogens with zero attached hydrogens (tertiary/aromatic N) is 4. The maximum atomic E-state index is 6.14. The third kappa shape index (κ3) is 3.72. The van der Waals surface area contributed by atoms with Crippen LogP contribution >= 0.6 is 11.6 Å². The molecule has 21 heavy (non-hydrogen) atoms. The molecule has 0 amide bonds. The SMILES string of the molecule is CCN(CC)c1nc(N)nc(Oc2ccc(C)cc2Cl)n1. The minimum atomic E-state index is 0.116. The molecule has 0 bridgehead atoms. The number of rotatable bonds is 5. The summed E-state index contributed by atoms with van der Waals surface area (Å²) in [7, 11) is 0. The fourth-order valence-electron chi connectivity index (χ4n) is 1.84. The number of ether oxygens (including phenoxy) is 1. The molecule has 112 valence electrons. The van der Waals surface area contributed by atoms with Crippen LogP contribution in [0.4, 0.5) is 11.9 Å². The molecular weight excluding hydrogens is 290 g/mol. The van der Waals surface area contributed by atoms with Crippen molar-refractivity contribution in [2.45, 2.75) is 20.8 Å². The lowest BCUT2D eigenvalue weighted by molar-refractivity contribution is 0.440. The molecule has 0 aliphatic heterocycles. The van der Waals surface area contributed by atoms with Crippen LogP contribution in [0.1, 0.15) is 19.4 Å². The molecule has 7 heteroatoms. The summed E-state index contributed by atoms with van der Waals surface area (Å²) < 4.78 is 5.62. The van der Waals surface area contributed by atoms with Crippen molar-refractivity contribution in [3.05, 3.63) is 28.8 Å². The van der Waals surface area contributed by atoms with Crippen LogP contribution in [0.3, 0.4) is 0 Å². The highest BCUT2D eigenvalue weighted by Gasteiger charge is 2.12. The van der Waals surface area contributed by atoms with Crippen molar-refractivity contribution >= 4 is 23.5 Å². The summed E-state index contributed by atoms with van der Waals surface area (Å²) in [6.45, 7) is 7.52. The van der Waals surface area contributed by atoms with Gasteiger partial charge in [-0.15, -0.1) is 0 Å². The number of hydrogen-bond donors (Lipinski definition) is 1. The Morgan fingerprint density at radius 3 is 2.52 bits per heavy atom. The Labute approximate surface area is 128 Å². The first-order chi connectivity index (χ1) is 10.0. The molecule has 0 atom stereocenters. The number of aromatic nitrogens is 3. The van der Waals surface area contributed by atoms with Crippen molar-refractivity contribution in [1.82, 2.24) is 15.0 Å². The maximum Gasteiger partial charge on any atom is 0.328 e. The van der Waals surface area contributed by atoms with Gasteiger partial charge in [0, 0.05) is 13.1 Å². The Morgan fingerprint density at radius 2 is 1.90 bits per heavy atom. The van der Waals surface area contributed by atoms with Crippen LogP contribution in [0.15, 0.2) is 18.2 Å². The molecule has 6 nitrogen and oxygen atoms in total. The summed E-state index contributed by atoms with van der Waals surface area (Å²) >= 11 is 6.14. The van der Waals surface area contributed by atoms with Gasteiger partial charge in [-0.3, -0.25) is 0 Å². The molecule has 1 aromatic heterocycles. The first-order valence-electron chi connectivity index (χ1n) is 6.74. The molecule has 0 spiro atoms. The van der Waals surface area contributed by atoms with E-state index in [1.54, 1.807) is 6.07 Å². The molecule has 2 rings (SSSR count). The van der Waals surface area contributed by atoms with Gasteiger partial charge < -0.3 is 15.4 Å². The normalized spacial score (nSPS) is 10.5. The molecule has 0 aliphatic carbocycles. The molecule has 0 saturated heterocycles. The van der Waals surface area contributed by atoms with Crippen LogP contribution in [0, 0.1) is 6.92 Å². The lowest BCUT2D eigenvalue weighted by atomic mass is 10.2. The summed E-state index contributed by atoms with van der Waals surface area (Å²) in [6, 6.07) is 5.62. The van der Waals surface area contributed by atoms with Gasteiger partial charge in [0.1, 0.15) is 5.75 Å². The number of nitrogens with two attached hydrogens (primary N) is 1. The van der Waals surface area contributed by atoms with Gasteiger partial charge in [-0.05, 0) is 38.5 Å². The van der Waals surface area contributed by atoms with E-state index in [0.29, 0.717) is 16.7 Å². The van der Waals surface area contributed by atoms with Crippen LogP contribution in [0.5, 0.6) is 11.8 Å². The summed E-state index contributed by atoms with van der Waals surface area (Å²) in [5.41, 5.74) is 6.77. The van der Waals surface area contributed by atoms with Gasteiger partial charge in [0.15, 0.2) is 0 Å². The van der Waals surface area contributed by atoms with Gasteiger partial charge in [0.25, 0.3) is 0 Å². The van der Waals surface area contributed by atoms with Crippen LogP contribution in [0.25, 0.3) is 0 Å². The molecule has 0 saturated carbocycles. The van der Waals surface area contributed by atoms with E-state index in [1.807, 2.05) is 37.8 Å². The number of aryl methyl sites for hydroxylation is 1. The van der Waals surface area contributed by atoms with E-state index in [-0.39, 0.29) is 12.0 Å². The summed E-state index contributed by atoms with van der Waals surface area (Å²) in [6.07, 6.45) is 0. The Balaban J connectivity index is 2.31. The van der Waals surface area contributed by atoms with Gasteiger partial charge in [-0.25, -0.2) is 0 Å². The van der Waals surface area contributed by atoms with Crippen LogP contribution < -0.4 is 15.4 Å². The highest BCUT2D eigenvalue weighted by atomic mass is 35.5. The topological polar surface area (TPSA) is 77.2 Å². The van der Waals surface area contributed by atoms with Gasteiger partial charge in [0.2, 0.25) is 11.9 Å². The zero-order valence-corrected chi connectivity index (χ0v) is 13.1. The van der Waals surface area contributed by atoms with E-state index < -0.39 is 0 Å². The van der Waals surface area contributed by atoms with Crippen molar-refractivity contribution < 1.29 is 4.74 Å². The Hall–Kier alpha value is -2.08. The molecule has 2 aromatic rings. The third-order valence-corrected chi connectivity index (χ3v) is 3.25. The molecular formula is C14H18ClN5O. The molecule has 2 N–H and O–H groups in total. The monoisotopic (exact) mass is 307 g/mol. The molecule has 1 heterocycles. The lowest BCUT2D eigenvalue weighted by Gasteiger charge is -2.18. The van der Waals surface area contributed by atoms with E-state index in [2.05, 4.69) is 15.0 Å². The van der Waals surface area contributed by atoms with E-state index in [9.17, 15) is 0 Å². The van der Waals surface area contributed by atoms with E-state index in [1.165, 1.54) is 0 Å². The van der Waals surface area contributed by atoms with Gasteiger partial charge in [-0.1, -0.05) is 17.7 Å². The summed E-state index contributed by atoms with van der Waals surface area (Å²) in [5, 5.41) is 0.498. The standard InChI is InChI=1S/C14H18ClN5O/c1-4-20(5-2)13-17-12(16)18-14(19-13)21-11-7-6-9(3)8-10(11)15/h6-8H,4-5H2,1-3H3,(H2,16,17,18,19). The Bertz CT molecular complexity index is 631. The average molecular weight is 308 g/mol. The number of anilines is 2. The van der Waals surface area contributed by atoms with Crippen LogP contribution in [-0.4, -0.2) is 28.0 Å². The number of halogens is 1. The van der Waals surface area contributed by atoms with Crippen molar-refractivity contribution in [3.63, 3.8) is 0 Å². The Morgan fingerprint density at radius 1 is 1.19 bits per heavy atom. The largest absolute Gasteiger partial charge is 0.423 e. The second kappa shape index (κ2) is 6.58. The minimum absolute atomic E-state index is 0.116. The van der Waals surface area contributed by atoms with Gasteiger partial charge >= 0.3 is 6.01 Å². The molecule has 0 aliphatic rings. The fourth-order valence-corrected chi connectivity index (χ4v) is 2.12. The first-order valence-corrected chi connectivity index (χ1v) is 7.11. The Kier molecular flexibility index (Phi) is 4.80. The number of hydrogen-bond acceptors (Lipinski definition) is 6. The molecule has 0 fully saturated rings. The van der Waals surface area contributed by atoms with Crippen LogP contribution in [0.2, 0.25) is 5.02 Å². The van der Waals surface area contributed by atoms with Crippen molar-refractivity contribution in [1.29, 1.82) is 0 Å². The number of benzene rings is 1. The van der Waals surface area contributed by atoms with E-state index in [4.69, 9.17) is 22.1 Å². The first kappa shape index (κ1) is 15.3. The van der Waals surface area contributed by atoms with Crippen molar-refractivity contribution in [2.24, 2.45) is 0 Å². The van der Waals surface area contributed by atoms with Gasteiger partial charge in [-0.2, -0.15) is 15.0 Å². The molecule has 0 unspecified atom stereocenters.